The van der Waals surface area contributed by atoms with Crippen LogP contribution in [0.5, 0.6) is 0 Å². The molecular weight excluding hydrogens is 334 g/mol. The summed E-state index contributed by atoms with van der Waals surface area (Å²) >= 11 is 0. The summed E-state index contributed by atoms with van der Waals surface area (Å²) in [5, 5.41) is 0. The molecule has 25 heavy (non-hydrogen) atoms. The number of sulfonamides is 1. The monoisotopic (exact) mass is 357 g/mol. The molecule has 0 saturated heterocycles. The molecule has 0 amide bonds. The molecule has 0 unspecified atom stereocenters. The predicted molar refractivity (Wildman–Crippen MR) is 98.9 cm³/mol. The number of nitrogens with zero attached hydrogens (tertiary/aromatic N) is 3. The molecule has 132 valence electrons. The summed E-state index contributed by atoms with van der Waals surface area (Å²) in [4.78, 5) is 4.67. The first kappa shape index (κ1) is 17.6. The zero-order valence-electron chi connectivity index (χ0n) is 14.6. The Hall–Kier alpha value is -2.18. The lowest BCUT2D eigenvalue weighted by atomic mass is 10.1. The zero-order chi connectivity index (χ0) is 17.9. The van der Waals surface area contributed by atoms with Crippen molar-refractivity contribution in [2.45, 2.75) is 38.1 Å². The number of benzene rings is 1. The first-order chi connectivity index (χ1) is 12.1. The maximum absolute atomic E-state index is 13.0. The Bertz CT molecular complexity index is 946. The molecule has 3 aromatic rings. The van der Waals surface area contributed by atoms with Crippen molar-refractivity contribution in [3.8, 4) is 0 Å². The Morgan fingerprint density at radius 3 is 2.52 bits per heavy atom. The van der Waals surface area contributed by atoms with E-state index in [2.05, 4.69) is 11.9 Å². The first-order valence-electron chi connectivity index (χ1n) is 8.56. The van der Waals surface area contributed by atoms with Crippen LogP contribution in [0.15, 0.2) is 59.8 Å². The number of aromatic nitrogens is 2. The summed E-state index contributed by atoms with van der Waals surface area (Å²) in [5.74, 6) is 0. The molecule has 6 heteroatoms. The van der Waals surface area contributed by atoms with Crippen LogP contribution in [0.1, 0.15) is 31.5 Å². The van der Waals surface area contributed by atoms with Crippen LogP contribution in [-0.2, 0) is 23.0 Å². The minimum Gasteiger partial charge on any atom is -0.303 e. The number of aryl methyl sites for hydroxylation is 1. The van der Waals surface area contributed by atoms with Gasteiger partial charge in [-0.3, -0.25) is 0 Å². The Morgan fingerprint density at radius 2 is 1.84 bits per heavy atom. The van der Waals surface area contributed by atoms with Gasteiger partial charge in [0.15, 0.2) is 0 Å². The van der Waals surface area contributed by atoms with Gasteiger partial charge in [-0.1, -0.05) is 38.5 Å². The van der Waals surface area contributed by atoms with Gasteiger partial charge in [0.05, 0.1) is 23.3 Å². The highest BCUT2D eigenvalue weighted by Crippen LogP contribution is 2.20. The van der Waals surface area contributed by atoms with E-state index in [9.17, 15) is 8.42 Å². The molecule has 0 spiro atoms. The molecule has 5 nitrogen and oxygen atoms in total. The summed E-state index contributed by atoms with van der Waals surface area (Å²) in [5.41, 5.74) is 2.82. The molecule has 0 bridgehead atoms. The molecule has 0 atom stereocenters. The lowest BCUT2D eigenvalue weighted by Crippen LogP contribution is -2.30. The van der Waals surface area contributed by atoms with Crippen LogP contribution in [-0.4, -0.2) is 28.7 Å². The quantitative estimate of drug-likeness (QED) is 0.650. The molecule has 3 rings (SSSR count). The van der Waals surface area contributed by atoms with Gasteiger partial charge >= 0.3 is 0 Å². The van der Waals surface area contributed by atoms with Crippen molar-refractivity contribution in [1.29, 1.82) is 0 Å². The third-order valence-corrected chi connectivity index (χ3v) is 6.22. The Labute approximate surface area is 149 Å². The first-order valence-corrected chi connectivity index (χ1v) is 10.00. The van der Waals surface area contributed by atoms with Gasteiger partial charge in [-0.2, -0.15) is 4.31 Å². The standard InChI is InChI=1S/C19H23N3O2S/c1-3-7-16-9-11-18(12-10-16)25(23,24)21(4-2)15-17-14-20-19-8-5-6-13-22(17)19/h5-6,8-14H,3-4,7,15H2,1-2H3. The van der Waals surface area contributed by atoms with Crippen LogP contribution >= 0.6 is 0 Å². The molecule has 1 aromatic carbocycles. The van der Waals surface area contributed by atoms with Crippen molar-refractivity contribution in [3.05, 3.63) is 66.1 Å². The van der Waals surface area contributed by atoms with Gasteiger partial charge in [0, 0.05) is 12.7 Å². The molecule has 0 N–H and O–H groups in total. The maximum Gasteiger partial charge on any atom is 0.243 e. The summed E-state index contributed by atoms with van der Waals surface area (Å²) < 4.78 is 29.4. The van der Waals surface area contributed by atoms with Crippen LogP contribution in [0.25, 0.3) is 5.65 Å². The average molecular weight is 357 g/mol. The molecule has 0 radical (unpaired) electrons. The zero-order valence-corrected chi connectivity index (χ0v) is 15.4. The lowest BCUT2D eigenvalue weighted by molar-refractivity contribution is 0.418. The van der Waals surface area contributed by atoms with Crippen LogP contribution in [0.2, 0.25) is 0 Å². The Kier molecular flexibility index (Phi) is 5.20. The lowest BCUT2D eigenvalue weighted by Gasteiger charge is -2.20. The molecule has 2 aromatic heterocycles. The van der Waals surface area contributed by atoms with Crippen LogP contribution < -0.4 is 0 Å². The molecule has 0 aliphatic heterocycles. The molecule has 0 saturated carbocycles. The second-order valence-corrected chi connectivity index (χ2v) is 7.94. The molecule has 2 heterocycles. The van der Waals surface area contributed by atoms with Gasteiger partial charge in [-0.15, -0.1) is 0 Å². The van der Waals surface area contributed by atoms with Gasteiger partial charge < -0.3 is 4.40 Å². The second kappa shape index (κ2) is 7.37. The van der Waals surface area contributed by atoms with E-state index in [1.165, 1.54) is 4.31 Å². The summed E-state index contributed by atoms with van der Waals surface area (Å²) in [6.45, 7) is 4.66. The Balaban J connectivity index is 1.88. The fourth-order valence-electron chi connectivity index (χ4n) is 2.92. The van der Waals surface area contributed by atoms with Crippen molar-refractivity contribution >= 4 is 15.7 Å². The van der Waals surface area contributed by atoms with Crippen molar-refractivity contribution in [2.24, 2.45) is 0 Å². The summed E-state index contributed by atoms with van der Waals surface area (Å²) in [6.07, 6.45) is 5.64. The van der Waals surface area contributed by atoms with Gasteiger partial charge in [-0.05, 0) is 36.2 Å². The third-order valence-electron chi connectivity index (χ3n) is 4.28. The fraction of sp³-hybridized carbons (Fsp3) is 0.316. The normalized spacial score (nSPS) is 12.1. The number of hydrogen-bond donors (Lipinski definition) is 0. The van der Waals surface area contributed by atoms with Crippen molar-refractivity contribution < 1.29 is 8.42 Å². The van der Waals surface area contributed by atoms with Gasteiger partial charge in [0.25, 0.3) is 0 Å². The van der Waals surface area contributed by atoms with Crippen molar-refractivity contribution in [3.63, 3.8) is 0 Å². The maximum atomic E-state index is 13.0. The highest BCUT2D eigenvalue weighted by atomic mass is 32.2. The third kappa shape index (κ3) is 3.60. The van der Waals surface area contributed by atoms with E-state index in [0.717, 1.165) is 29.7 Å². The fourth-order valence-corrected chi connectivity index (χ4v) is 4.34. The predicted octanol–water partition coefficient (Wildman–Crippen LogP) is 3.50. The SMILES string of the molecule is CCCc1ccc(S(=O)(=O)N(CC)Cc2cnc3ccccn23)cc1. The summed E-state index contributed by atoms with van der Waals surface area (Å²) in [7, 11) is -3.54. The minimum atomic E-state index is -3.54. The van der Waals surface area contributed by atoms with Crippen LogP contribution in [0.3, 0.4) is 0 Å². The number of imidazole rings is 1. The average Bonchev–Trinajstić information content (AvgIpc) is 3.03. The van der Waals surface area contributed by atoms with Crippen LogP contribution in [0.4, 0.5) is 0 Å². The van der Waals surface area contributed by atoms with Gasteiger partial charge in [0.2, 0.25) is 10.0 Å². The number of rotatable bonds is 7. The van der Waals surface area contributed by atoms with E-state index in [0.29, 0.717) is 18.0 Å². The van der Waals surface area contributed by atoms with E-state index in [4.69, 9.17) is 0 Å². The van der Waals surface area contributed by atoms with Gasteiger partial charge in [-0.25, -0.2) is 13.4 Å². The van der Waals surface area contributed by atoms with E-state index in [1.54, 1.807) is 18.3 Å². The molecule has 0 fully saturated rings. The Morgan fingerprint density at radius 1 is 1.08 bits per heavy atom. The largest absolute Gasteiger partial charge is 0.303 e. The smallest absolute Gasteiger partial charge is 0.243 e. The topological polar surface area (TPSA) is 54.7 Å². The van der Waals surface area contributed by atoms with Gasteiger partial charge in [0.1, 0.15) is 5.65 Å². The highest BCUT2D eigenvalue weighted by Gasteiger charge is 2.24. The number of fused-ring (bicyclic) bond motifs is 1. The molecule has 0 aliphatic rings. The summed E-state index contributed by atoms with van der Waals surface area (Å²) in [6, 6.07) is 12.9. The molecule has 0 aliphatic carbocycles. The van der Waals surface area contributed by atoms with Crippen molar-refractivity contribution in [1.82, 2.24) is 13.7 Å². The van der Waals surface area contributed by atoms with E-state index in [1.807, 2.05) is 47.9 Å². The molecular formula is C19H23N3O2S. The van der Waals surface area contributed by atoms with E-state index < -0.39 is 10.0 Å². The highest BCUT2D eigenvalue weighted by molar-refractivity contribution is 7.89. The van der Waals surface area contributed by atoms with Crippen LogP contribution in [0, 0.1) is 0 Å². The number of hydrogen-bond acceptors (Lipinski definition) is 3. The second-order valence-electron chi connectivity index (χ2n) is 6.00. The van der Waals surface area contributed by atoms with E-state index >= 15 is 0 Å². The number of pyridine rings is 1. The van der Waals surface area contributed by atoms with Crippen molar-refractivity contribution in [2.75, 3.05) is 6.54 Å². The minimum absolute atomic E-state index is 0.292. The van der Waals surface area contributed by atoms with E-state index in [-0.39, 0.29) is 0 Å².